The van der Waals surface area contributed by atoms with Crippen LogP contribution in [0.5, 0.6) is 0 Å². The molecular formula is C13H13ClFNO3. The standard InChI is InChI=1S/C13H13ClFNO3/c1-9(14)19-13(17)16-5-6-18-12(8-16)10-3-2-4-11(15)7-10/h2-4,7,12H,1,5-6,8H2/t12-/m0/s1. The van der Waals surface area contributed by atoms with Gasteiger partial charge in [0.1, 0.15) is 11.9 Å². The minimum absolute atomic E-state index is 0.182. The second-order valence-corrected chi connectivity index (χ2v) is 4.51. The molecule has 102 valence electrons. The lowest BCUT2D eigenvalue weighted by molar-refractivity contribution is -0.0244. The first-order chi connectivity index (χ1) is 9.06. The summed E-state index contributed by atoms with van der Waals surface area (Å²) in [6.07, 6.45) is -0.953. The zero-order chi connectivity index (χ0) is 13.8. The Bertz CT molecular complexity index is 495. The number of rotatable bonds is 2. The molecule has 1 aliphatic rings. The first-order valence-corrected chi connectivity index (χ1v) is 6.12. The van der Waals surface area contributed by atoms with Crippen LogP contribution in [0.15, 0.2) is 36.1 Å². The minimum atomic E-state index is -0.579. The van der Waals surface area contributed by atoms with Gasteiger partial charge in [-0.05, 0) is 35.9 Å². The van der Waals surface area contributed by atoms with Gasteiger partial charge in [-0.2, -0.15) is 0 Å². The van der Waals surface area contributed by atoms with E-state index in [0.717, 1.165) is 0 Å². The third-order valence-electron chi connectivity index (χ3n) is 2.74. The van der Waals surface area contributed by atoms with Crippen molar-refractivity contribution in [3.8, 4) is 0 Å². The fourth-order valence-corrected chi connectivity index (χ4v) is 1.95. The molecule has 1 aromatic rings. The van der Waals surface area contributed by atoms with E-state index in [1.807, 2.05) is 0 Å². The largest absolute Gasteiger partial charge is 0.416 e. The number of hydrogen-bond acceptors (Lipinski definition) is 3. The van der Waals surface area contributed by atoms with E-state index in [-0.39, 0.29) is 23.7 Å². The molecule has 1 aliphatic heterocycles. The molecule has 6 heteroatoms. The number of morpholine rings is 1. The number of carbonyl (C=O) groups excluding carboxylic acids is 1. The monoisotopic (exact) mass is 285 g/mol. The highest BCUT2D eigenvalue weighted by Crippen LogP contribution is 2.23. The van der Waals surface area contributed by atoms with Crippen molar-refractivity contribution < 1.29 is 18.7 Å². The SMILES string of the molecule is C=C(Cl)OC(=O)N1CCO[C@H](c2cccc(F)c2)C1. The molecule has 1 atom stereocenters. The topological polar surface area (TPSA) is 38.8 Å². The third kappa shape index (κ3) is 3.68. The van der Waals surface area contributed by atoms with Gasteiger partial charge in [0.2, 0.25) is 0 Å². The molecule has 1 saturated heterocycles. The van der Waals surface area contributed by atoms with Gasteiger partial charge in [0.05, 0.1) is 13.2 Å². The number of halogens is 2. The summed E-state index contributed by atoms with van der Waals surface area (Å²) in [6.45, 7) is 4.33. The number of amides is 1. The summed E-state index contributed by atoms with van der Waals surface area (Å²) < 4.78 is 23.4. The van der Waals surface area contributed by atoms with Gasteiger partial charge in [0, 0.05) is 6.54 Å². The average Bonchev–Trinajstić information content (AvgIpc) is 2.38. The van der Waals surface area contributed by atoms with E-state index in [4.69, 9.17) is 21.1 Å². The molecule has 0 spiro atoms. The Hall–Kier alpha value is -1.59. The maximum atomic E-state index is 13.2. The molecule has 1 fully saturated rings. The molecule has 19 heavy (non-hydrogen) atoms. The van der Waals surface area contributed by atoms with Crippen molar-refractivity contribution in [1.29, 1.82) is 0 Å². The summed E-state index contributed by atoms with van der Waals surface area (Å²) >= 11 is 5.42. The maximum Gasteiger partial charge on any atom is 0.416 e. The summed E-state index contributed by atoms with van der Waals surface area (Å²) in [4.78, 5) is 13.1. The zero-order valence-electron chi connectivity index (χ0n) is 10.1. The van der Waals surface area contributed by atoms with Crippen molar-refractivity contribution in [1.82, 2.24) is 4.90 Å². The number of nitrogens with zero attached hydrogens (tertiary/aromatic N) is 1. The van der Waals surface area contributed by atoms with E-state index >= 15 is 0 Å². The number of benzene rings is 1. The highest BCUT2D eigenvalue weighted by molar-refractivity contribution is 6.28. The summed E-state index contributed by atoms with van der Waals surface area (Å²) in [5.74, 6) is -0.338. The highest BCUT2D eigenvalue weighted by atomic mass is 35.5. The number of hydrogen-bond donors (Lipinski definition) is 0. The number of carbonyl (C=O) groups is 1. The van der Waals surface area contributed by atoms with Gasteiger partial charge in [0.25, 0.3) is 0 Å². The smallest absolute Gasteiger partial charge is 0.398 e. The molecule has 0 bridgehead atoms. The molecule has 0 saturated carbocycles. The first kappa shape index (κ1) is 13.8. The normalized spacial score (nSPS) is 19.1. The van der Waals surface area contributed by atoms with Gasteiger partial charge >= 0.3 is 6.09 Å². The van der Waals surface area contributed by atoms with Gasteiger partial charge in [-0.25, -0.2) is 9.18 Å². The quantitative estimate of drug-likeness (QED) is 0.784. The van der Waals surface area contributed by atoms with Crippen molar-refractivity contribution >= 4 is 17.7 Å². The second kappa shape index (κ2) is 6.04. The average molecular weight is 286 g/mol. The van der Waals surface area contributed by atoms with E-state index < -0.39 is 6.09 Å². The van der Waals surface area contributed by atoms with Crippen LogP contribution in [0.1, 0.15) is 11.7 Å². The van der Waals surface area contributed by atoms with E-state index in [1.54, 1.807) is 12.1 Å². The van der Waals surface area contributed by atoms with Crippen LogP contribution in [0.2, 0.25) is 0 Å². The van der Waals surface area contributed by atoms with Crippen molar-refractivity contribution in [2.24, 2.45) is 0 Å². The molecule has 0 radical (unpaired) electrons. The molecule has 1 amide bonds. The predicted octanol–water partition coefficient (Wildman–Crippen LogP) is 3.05. The zero-order valence-corrected chi connectivity index (χ0v) is 10.9. The number of ether oxygens (including phenoxy) is 2. The van der Waals surface area contributed by atoms with Crippen molar-refractivity contribution in [2.75, 3.05) is 19.7 Å². The Morgan fingerprint density at radius 2 is 2.37 bits per heavy atom. The summed E-state index contributed by atoms with van der Waals surface area (Å²) in [6, 6.07) is 6.10. The van der Waals surface area contributed by atoms with Crippen LogP contribution in [0.4, 0.5) is 9.18 Å². The van der Waals surface area contributed by atoms with E-state index in [9.17, 15) is 9.18 Å². The van der Waals surface area contributed by atoms with Crippen LogP contribution in [0, 0.1) is 5.82 Å². The maximum absolute atomic E-state index is 13.2. The molecule has 0 aromatic heterocycles. The van der Waals surface area contributed by atoms with Crippen LogP contribution in [-0.4, -0.2) is 30.7 Å². The molecular weight excluding hydrogens is 273 g/mol. The Morgan fingerprint density at radius 1 is 1.58 bits per heavy atom. The lowest BCUT2D eigenvalue weighted by Crippen LogP contribution is -2.42. The van der Waals surface area contributed by atoms with Crippen LogP contribution < -0.4 is 0 Å². The highest BCUT2D eigenvalue weighted by Gasteiger charge is 2.26. The van der Waals surface area contributed by atoms with Gasteiger partial charge in [-0.15, -0.1) is 0 Å². The van der Waals surface area contributed by atoms with E-state index in [1.165, 1.54) is 17.0 Å². The molecule has 4 nitrogen and oxygen atoms in total. The van der Waals surface area contributed by atoms with Gasteiger partial charge < -0.3 is 14.4 Å². The molecule has 1 heterocycles. The molecule has 0 unspecified atom stereocenters. The predicted molar refractivity (Wildman–Crippen MR) is 68.1 cm³/mol. The Labute approximate surface area is 115 Å². The van der Waals surface area contributed by atoms with Crippen LogP contribution in [0.25, 0.3) is 0 Å². The minimum Gasteiger partial charge on any atom is -0.398 e. The molecule has 0 N–H and O–H groups in total. The van der Waals surface area contributed by atoms with Crippen molar-refractivity contribution in [2.45, 2.75) is 6.10 Å². The molecule has 1 aromatic carbocycles. The Morgan fingerprint density at radius 3 is 3.05 bits per heavy atom. The fourth-order valence-electron chi connectivity index (χ4n) is 1.88. The Balaban J connectivity index is 2.05. The summed E-state index contributed by atoms with van der Waals surface area (Å²) in [5, 5.41) is -0.182. The van der Waals surface area contributed by atoms with Crippen molar-refractivity contribution in [3.63, 3.8) is 0 Å². The lowest BCUT2D eigenvalue weighted by Gasteiger charge is -2.32. The van der Waals surface area contributed by atoms with Crippen LogP contribution in [-0.2, 0) is 9.47 Å². The van der Waals surface area contributed by atoms with Crippen LogP contribution in [0.3, 0.4) is 0 Å². The fraction of sp³-hybridized carbons (Fsp3) is 0.308. The van der Waals surface area contributed by atoms with Crippen LogP contribution >= 0.6 is 11.6 Å². The van der Waals surface area contributed by atoms with Gasteiger partial charge in [-0.3, -0.25) is 0 Å². The third-order valence-corrected chi connectivity index (χ3v) is 2.82. The first-order valence-electron chi connectivity index (χ1n) is 5.74. The molecule has 2 rings (SSSR count). The summed E-state index contributed by atoms with van der Waals surface area (Å²) in [5.41, 5.74) is 0.683. The van der Waals surface area contributed by atoms with Gasteiger partial charge in [0.15, 0.2) is 5.22 Å². The van der Waals surface area contributed by atoms with E-state index in [0.29, 0.717) is 18.7 Å². The summed E-state index contributed by atoms with van der Waals surface area (Å²) in [7, 11) is 0. The second-order valence-electron chi connectivity index (χ2n) is 4.08. The lowest BCUT2D eigenvalue weighted by atomic mass is 10.1. The van der Waals surface area contributed by atoms with Crippen molar-refractivity contribution in [3.05, 3.63) is 47.4 Å². The van der Waals surface area contributed by atoms with Gasteiger partial charge in [-0.1, -0.05) is 12.1 Å². The molecule has 0 aliphatic carbocycles. The van der Waals surface area contributed by atoms with E-state index in [2.05, 4.69) is 6.58 Å². The Kier molecular flexibility index (Phi) is 4.39.